The van der Waals surface area contributed by atoms with Gasteiger partial charge in [-0.05, 0) is 34.5 Å². The van der Waals surface area contributed by atoms with Crippen LogP contribution >= 0.6 is 11.3 Å². The van der Waals surface area contributed by atoms with Crippen LogP contribution in [0.4, 0.5) is 0 Å². The number of likely N-dealkylation sites (N-methyl/N-ethyl adjacent to an activating group) is 2. The number of nitrogens with one attached hydrogen (secondary N) is 1. The summed E-state index contributed by atoms with van der Waals surface area (Å²) < 4.78 is 0. The Morgan fingerprint density at radius 1 is 1.56 bits per heavy atom. The minimum Gasteiger partial charge on any atom is -0.315 e. The first-order valence-electron chi connectivity index (χ1n) is 5.76. The smallest absolute Gasteiger partial charge is 0.0794 e. The van der Waals surface area contributed by atoms with Gasteiger partial charge in [0.15, 0.2) is 0 Å². The quantitative estimate of drug-likeness (QED) is 0.826. The lowest BCUT2D eigenvalue weighted by Gasteiger charge is -2.42. The standard InChI is InChI=1S/C12H23N3S/c1-6-12(2,15(4)5)11(13-3)7-10-8-14-9-16-10/h8-9,11,13H,6-7H2,1-5H3. The summed E-state index contributed by atoms with van der Waals surface area (Å²) in [5.41, 5.74) is 2.08. The molecule has 0 aliphatic carbocycles. The molecule has 1 N–H and O–H groups in total. The van der Waals surface area contributed by atoms with Crippen molar-refractivity contribution in [2.75, 3.05) is 21.1 Å². The molecule has 0 radical (unpaired) electrons. The van der Waals surface area contributed by atoms with Crippen LogP contribution in [0.1, 0.15) is 25.1 Å². The molecule has 0 aliphatic heterocycles. The Balaban J connectivity index is 2.79. The third-order valence-electron chi connectivity index (χ3n) is 3.73. The lowest BCUT2D eigenvalue weighted by Crippen LogP contribution is -2.56. The van der Waals surface area contributed by atoms with Crippen molar-refractivity contribution in [2.24, 2.45) is 0 Å². The second-order valence-corrected chi connectivity index (χ2v) is 5.59. The average Bonchev–Trinajstić information content (AvgIpc) is 2.77. The molecular weight excluding hydrogens is 218 g/mol. The molecule has 0 aromatic carbocycles. The molecule has 0 fully saturated rings. The normalized spacial score (nSPS) is 17.4. The Bertz CT molecular complexity index is 297. The molecule has 0 bridgehead atoms. The molecule has 1 rings (SSSR count). The third kappa shape index (κ3) is 2.81. The van der Waals surface area contributed by atoms with Gasteiger partial charge in [0.25, 0.3) is 0 Å². The monoisotopic (exact) mass is 241 g/mol. The topological polar surface area (TPSA) is 28.2 Å². The molecule has 4 heteroatoms. The molecule has 92 valence electrons. The highest BCUT2D eigenvalue weighted by Gasteiger charge is 2.33. The van der Waals surface area contributed by atoms with E-state index in [2.05, 4.69) is 43.1 Å². The molecule has 1 heterocycles. The van der Waals surface area contributed by atoms with Crippen molar-refractivity contribution in [2.45, 2.75) is 38.3 Å². The summed E-state index contributed by atoms with van der Waals surface area (Å²) in [6.07, 6.45) is 4.15. The molecular formula is C12H23N3S. The van der Waals surface area contributed by atoms with Crippen molar-refractivity contribution >= 4 is 11.3 Å². The van der Waals surface area contributed by atoms with Crippen LogP contribution in [0.3, 0.4) is 0 Å². The molecule has 0 aliphatic rings. The molecule has 0 amide bonds. The van der Waals surface area contributed by atoms with Crippen LogP contribution in [0.5, 0.6) is 0 Å². The molecule has 16 heavy (non-hydrogen) atoms. The first-order valence-corrected chi connectivity index (χ1v) is 6.64. The molecule has 0 saturated heterocycles. The summed E-state index contributed by atoms with van der Waals surface area (Å²) in [6.45, 7) is 4.56. The van der Waals surface area contributed by atoms with Crippen LogP contribution < -0.4 is 5.32 Å². The Morgan fingerprint density at radius 3 is 2.62 bits per heavy atom. The van der Waals surface area contributed by atoms with Gasteiger partial charge >= 0.3 is 0 Å². The van der Waals surface area contributed by atoms with Gasteiger partial charge in [0.1, 0.15) is 0 Å². The minimum atomic E-state index is 0.179. The van der Waals surface area contributed by atoms with Gasteiger partial charge in [0.2, 0.25) is 0 Å². The van der Waals surface area contributed by atoms with E-state index in [4.69, 9.17) is 0 Å². The van der Waals surface area contributed by atoms with Gasteiger partial charge in [0.05, 0.1) is 5.51 Å². The maximum absolute atomic E-state index is 4.14. The highest BCUT2D eigenvalue weighted by Crippen LogP contribution is 2.24. The lowest BCUT2D eigenvalue weighted by molar-refractivity contribution is 0.117. The zero-order chi connectivity index (χ0) is 12.2. The molecule has 3 nitrogen and oxygen atoms in total. The van der Waals surface area contributed by atoms with E-state index in [1.165, 1.54) is 4.88 Å². The van der Waals surface area contributed by atoms with Crippen LogP contribution in [0.25, 0.3) is 0 Å². The number of thiazole rings is 1. The molecule has 0 saturated carbocycles. The van der Waals surface area contributed by atoms with Crippen molar-refractivity contribution < 1.29 is 0 Å². The maximum Gasteiger partial charge on any atom is 0.0794 e. The van der Waals surface area contributed by atoms with Crippen LogP contribution in [0, 0.1) is 0 Å². The summed E-state index contributed by atoms with van der Waals surface area (Å²) in [4.78, 5) is 7.80. The van der Waals surface area contributed by atoms with Crippen LogP contribution in [0.2, 0.25) is 0 Å². The van der Waals surface area contributed by atoms with E-state index >= 15 is 0 Å². The number of hydrogen-bond donors (Lipinski definition) is 1. The summed E-state index contributed by atoms with van der Waals surface area (Å²) in [7, 11) is 6.35. The summed E-state index contributed by atoms with van der Waals surface area (Å²) in [5.74, 6) is 0. The fourth-order valence-electron chi connectivity index (χ4n) is 2.05. The van der Waals surface area contributed by atoms with E-state index in [9.17, 15) is 0 Å². The van der Waals surface area contributed by atoms with Gasteiger partial charge in [-0.1, -0.05) is 6.92 Å². The summed E-state index contributed by atoms with van der Waals surface area (Å²) >= 11 is 1.74. The van der Waals surface area contributed by atoms with Crippen LogP contribution in [-0.4, -0.2) is 42.6 Å². The van der Waals surface area contributed by atoms with Gasteiger partial charge in [-0.3, -0.25) is 4.98 Å². The van der Waals surface area contributed by atoms with Crippen molar-refractivity contribution in [1.29, 1.82) is 0 Å². The van der Waals surface area contributed by atoms with Crippen molar-refractivity contribution in [3.8, 4) is 0 Å². The SMILES string of the molecule is CCC(C)(C(Cc1cncs1)NC)N(C)C. The Kier molecular flexibility index (Phi) is 4.89. The lowest BCUT2D eigenvalue weighted by atomic mass is 9.86. The molecule has 2 unspecified atom stereocenters. The second-order valence-electron chi connectivity index (χ2n) is 4.62. The van der Waals surface area contributed by atoms with E-state index < -0.39 is 0 Å². The predicted molar refractivity (Wildman–Crippen MR) is 71.0 cm³/mol. The Labute approximate surface area is 103 Å². The first-order chi connectivity index (χ1) is 7.54. The zero-order valence-corrected chi connectivity index (χ0v) is 11.8. The second kappa shape index (κ2) is 5.75. The molecule has 1 aromatic rings. The fraction of sp³-hybridized carbons (Fsp3) is 0.750. The average molecular weight is 241 g/mol. The van der Waals surface area contributed by atoms with Crippen LogP contribution in [0.15, 0.2) is 11.7 Å². The van der Waals surface area contributed by atoms with Gasteiger partial charge in [-0.25, -0.2) is 0 Å². The zero-order valence-electron chi connectivity index (χ0n) is 10.9. The molecule has 0 spiro atoms. The fourth-order valence-corrected chi connectivity index (χ4v) is 2.69. The first kappa shape index (κ1) is 13.6. The van der Waals surface area contributed by atoms with E-state index in [0.717, 1.165) is 12.8 Å². The van der Waals surface area contributed by atoms with Gasteiger partial charge in [0, 0.05) is 29.1 Å². The van der Waals surface area contributed by atoms with E-state index in [1.54, 1.807) is 11.3 Å². The van der Waals surface area contributed by atoms with E-state index in [-0.39, 0.29) is 5.54 Å². The highest BCUT2D eigenvalue weighted by atomic mass is 32.1. The van der Waals surface area contributed by atoms with Gasteiger partial charge < -0.3 is 10.2 Å². The van der Waals surface area contributed by atoms with Gasteiger partial charge in [-0.2, -0.15) is 0 Å². The number of nitrogens with zero attached hydrogens (tertiary/aromatic N) is 2. The van der Waals surface area contributed by atoms with Crippen molar-refractivity contribution in [3.63, 3.8) is 0 Å². The van der Waals surface area contributed by atoms with Crippen molar-refractivity contribution in [3.05, 3.63) is 16.6 Å². The number of rotatable bonds is 6. The summed E-state index contributed by atoms with van der Waals surface area (Å²) in [6, 6.07) is 0.452. The minimum absolute atomic E-state index is 0.179. The van der Waals surface area contributed by atoms with E-state index in [1.807, 2.05) is 18.8 Å². The maximum atomic E-state index is 4.14. The Morgan fingerprint density at radius 2 is 2.25 bits per heavy atom. The Hall–Kier alpha value is -0.450. The van der Waals surface area contributed by atoms with Crippen LogP contribution in [-0.2, 0) is 6.42 Å². The predicted octanol–water partition coefficient (Wildman–Crippen LogP) is 2.00. The largest absolute Gasteiger partial charge is 0.315 e. The number of aromatic nitrogens is 1. The molecule has 2 atom stereocenters. The van der Waals surface area contributed by atoms with Gasteiger partial charge in [-0.15, -0.1) is 11.3 Å². The molecule has 1 aromatic heterocycles. The number of hydrogen-bond acceptors (Lipinski definition) is 4. The summed E-state index contributed by atoms with van der Waals surface area (Å²) in [5, 5.41) is 3.45. The highest BCUT2D eigenvalue weighted by molar-refractivity contribution is 7.09. The van der Waals surface area contributed by atoms with E-state index in [0.29, 0.717) is 6.04 Å². The van der Waals surface area contributed by atoms with Crippen molar-refractivity contribution in [1.82, 2.24) is 15.2 Å². The third-order valence-corrected chi connectivity index (χ3v) is 4.53.